The number of piperidine rings is 3. The maximum Gasteiger partial charge on any atom is 0.154 e. The first-order valence-electron chi connectivity index (χ1n) is 8.49. The highest BCUT2D eigenvalue weighted by molar-refractivity contribution is 5.88. The van der Waals surface area contributed by atoms with Gasteiger partial charge in [-0.25, -0.2) is 14.4 Å². The van der Waals surface area contributed by atoms with Crippen molar-refractivity contribution < 1.29 is 9.23 Å². The van der Waals surface area contributed by atoms with Crippen molar-refractivity contribution in [2.75, 3.05) is 19.6 Å². The lowest BCUT2D eigenvalue weighted by molar-refractivity contribution is -0.150. The summed E-state index contributed by atoms with van der Waals surface area (Å²) in [6.45, 7) is 3.33. The van der Waals surface area contributed by atoms with Crippen LogP contribution in [0.15, 0.2) is 35.5 Å². The number of nitrogens with zero attached hydrogens (tertiary/aromatic N) is 3. The van der Waals surface area contributed by atoms with Crippen LogP contribution in [0.25, 0.3) is 10.8 Å². The number of halogens is 1. The van der Waals surface area contributed by atoms with E-state index in [2.05, 4.69) is 20.4 Å². The standard InChI is InChI=1S/C18H19FN4O/c19-15-2-1-12-10-20-16(8-13(12)7-15)21-17-9-18(24-22-17)11-23-5-3-14(18)4-6-23/h1-2,7-8,10,14H,3-6,9,11H2,(H,20,21,22). The summed E-state index contributed by atoms with van der Waals surface area (Å²) >= 11 is 0. The Morgan fingerprint density at radius 1 is 1.25 bits per heavy atom. The van der Waals surface area contributed by atoms with Crippen molar-refractivity contribution in [1.29, 1.82) is 0 Å². The number of nitrogens with one attached hydrogen (secondary N) is 1. The Morgan fingerprint density at radius 2 is 2.12 bits per heavy atom. The van der Waals surface area contributed by atoms with Gasteiger partial charge in [-0.05, 0) is 61.5 Å². The van der Waals surface area contributed by atoms with Crippen molar-refractivity contribution in [3.05, 3.63) is 36.3 Å². The summed E-state index contributed by atoms with van der Waals surface area (Å²) in [5.41, 5.74) is 2.88. The second-order valence-electron chi connectivity index (χ2n) is 7.09. The molecular formula is C18H19FN4O. The van der Waals surface area contributed by atoms with Crippen LogP contribution in [0.5, 0.6) is 0 Å². The van der Waals surface area contributed by atoms with Crippen molar-refractivity contribution in [3.63, 3.8) is 0 Å². The number of hydrogen-bond acceptors (Lipinski definition) is 4. The monoisotopic (exact) mass is 326 g/mol. The van der Waals surface area contributed by atoms with Crippen LogP contribution in [0, 0.1) is 11.7 Å². The molecule has 1 spiro atoms. The number of benzene rings is 1. The Bertz CT molecular complexity index is 831. The fourth-order valence-electron chi connectivity index (χ4n) is 4.32. The van der Waals surface area contributed by atoms with Crippen molar-refractivity contribution in [2.24, 2.45) is 10.9 Å². The molecule has 4 aliphatic rings. The SMILES string of the molecule is Fc1ccc2cnc(N=C3CC4(CN5CCC4CC5)ON3)cc2c1. The average Bonchev–Trinajstić information content (AvgIpc) is 2.97. The van der Waals surface area contributed by atoms with Crippen LogP contribution in [0.3, 0.4) is 0 Å². The molecule has 1 atom stereocenters. The summed E-state index contributed by atoms with van der Waals surface area (Å²) in [7, 11) is 0. The second kappa shape index (κ2) is 5.22. The van der Waals surface area contributed by atoms with Gasteiger partial charge in [0.2, 0.25) is 0 Å². The van der Waals surface area contributed by atoms with Gasteiger partial charge in [-0.1, -0.05) is 0 Å². The summed E-state index contributed by atoms with van der Waals surface area (Å²) in [6, 6.07) is 6.50. The van der Waals surface area contributed by atoms with Crippen molar-refractivity contribution in [3.8, 4) is 0 Å². The van der Waals surface area contributed by atoms with Gasteiger partial charge in [0.05, 0.1) is 0 Å². The first-order valence-corrected chi connectivity index (χ1v) is 8.49. The van der Waals surface area contributed by atoms with Gasteiger partial charge in [-0.15, -0.1) is 0 Å². The van der Waals surface area contributed by atoms with E-state index >= 15 is 0 Å². The largest absolute Gasteiger partial charge is 0.300 e. The highest BCUT2D eigenvalue weighted by atomic mass is 19.1. The van der Waals surface area contributed by atoms with Crippen LogP contribution >= 0.6 is 0 Å². The minimum Gasteiger partial charge on any atom is -0.300 e. The maximum atomic E-state index is 13.4. The van der Waals surface area contributed by atoms with Crippen LogP contribution in [0.2, 0.25) is 0 Å². The molecular weight excluding hydrogens is 307 g/mol. The van der Waals surface area contributed by atoms with E-state index < -0.39 is 0 Å². The Kier molecular flexibility index (Phi) is 3.11. The summed E-state index contributed by atoms with van der Waals surface area (Å²) in [5.74, 6) is 1.74. The lowest BCUT2D eigenvalue weighted by Gasteiger charge is -2.49. The van der Waals surface area contributed by atoms with Gasteiger partial charge >= 0.3 is 0 Å². The zero-order valence-electron chi connectivity index (χ0n) is 13.3. The number of amidine groups is 1. The molecule has 0 aliphatic carbocycles. The summed E-state index contributed by atoms with van der Waals surface area (Å²) < 4.78 is 13.4. The third kappa shape index (κ3) is 2.29. The molecule has 5 nitrogen and oxygen atoms in total. The van der Waals surface area contributed by atoms with Crippen LogP contribution < -0.4 is 5.48 Å². The van der Waals surface area contributed by atoms with Gasteiger partial charge in [-0.3, -0.25) is 10.3 Å². The van der Waals surface area contributed by atoms with E-state index in [-0.39, 0.29) is 11.4 Å². The zero-order chi connectivity index (χ0) is 16.1. The average molecular weight is 326 g/mol. The van der Waals surface area contributed by atoms with E-state index in [1.807, 2.05) is 6.07 Å². The summed E-state index contributed by atoms with van der Waals surface area (Å²) in [6.07, 6.45) is 4.91. The van der Waals surface area contributed by atoms with Gasteiger partial charge in [0.15, 0.2) is 5.82 Å². The third-order valence-electron chi connectivity index (χ3n) is 5.58. The molecule has 124 valence electrons. The molecule has 2 bridgehead atoms. The molecule has 24 heavy (non-hydrogen) atoms. The Hall–Kier alpha value is -2.05. The lowest BCUT2D eigenvalue weighted by atomic mass is 9.74. The van der Waals surface area contributed by atoms with Gasteiger partial charge in [-0.2, -0.15) is 0 Å². The highest BCUT2D eigenvalue weighted by Gasteiger charge is 2.52. The second-order valence-corrected chi connectivity index (χ2v) is 7.09. The van der Waals surface area contributed by atoms with Crippen LogP contribution in [-0.4, -0.2) is 41.0 Å². The Morgan fingerprint density at radius 3 is 2.92 bits per heavy atom. The molecule has 6 heteroatoms. The molecule has 1 unspecified atom stereocenters. The van der Waals surface area contributed by atoms with E-state index in [0.29, 0.717) is 11.7 Å². The molecule has 4 saturated heterocycles. The van der Waals surface area contributed by atoms with E-state index in [1.54, 1.807) is 12.3 Å². The Labute approximate surface area is 139 Å². The molecule has 4 fully saturated rings. The van der Waals surface area contributed by atoms with Crippen molar-refractivity contribution >= 4 is 22.4 Å². The minimum absolute atomic E-state index is 0.141. The maximum absolute atomic E-state index is 13.4. The zero-order valence-corrected chi connectivity index (χ0v) is 13.3. The minimum atomic E-state index is -0.249. The molecule has 1 aromatic heterocycles. The van der Waals surface area contributed by atoms with E-state index in [0.717, 1.165) is 29.6 Å². The molecule has 0 amide bonds. The predicted molar refractivity (Wildman–Crippen MR) is 89.5 cm³/mol. The number of aliphatic imine (C=N–C) groups is 1. The molecule has 1 aromatic carbocycles. The fourth-order valence-corrected chi connectivity index (χ4v) is 4.32. The van der Waals surface area contributed by atoms with Crippen LogP contribution in [0.4, 0.5) is 10.2 Å². The van der Waals surface area contributed by atoms with Gasteiger partial charge < -0.3 is 4.90 Å². The van der Waals surface area contributed by atoms with E-state index in [9.17, 15) is 4.39 Å². The van der Waals surface area contributed by atoms with Gasteiger partial charge in [0.25, 0.3) is 0 Å². The quantitative estimate of drug-likeness (QED) is 0.875. The topological polar surface area (TPSA) is 49.8 Å². The highest BCUT2D eigenvalue weighted by Crippen LogP contribution is 2.42. The van der Waals surface area contributed by atoms with Crippen molar-refractivity contribution in [1.82, 2.24) is 15.4 Å². The van der Waals surface area contributed by atoms with Gasteiger partial charge in [0.1, 0.15) is 17.3 Å². The number of hydroxylamine groups is 1. The number of pyridine rings is 1. The molecule has 0 saturated carbocycles. The van der Waals surface area contributed by atoms with E-state index in [4.69, 9.17) is 4.84 Å². The van der Waals surface area contributed by atoms with Crippen LogP contribution in [0.1, 0.15) is 19.3 Å². The summed E-state index contributed by atoms with van der Waals surface area (Å²) in [4.78, 5) is 17.4. The number of hydrogen-bond donors (Lipinski definition) is 1. The first kappa shape index (κ1) is 14.3. The number of fused-ring (bicyclic) bond motifs is 3. The lowest BCUT2D eigenvalue weighted by Crippen LogP contribution is -2.59. The molecule has 0 radical (unpaired) electrons. The van der Waals surface area contributed by atoms with Crippen LogP contribution in [-0.2, 0) is 4.84 Å². The molecule has 1 N–H and O–H groups in total. The fraction of sp³-hybridized carbons (Fsp3) is 0.444. The smallest absolute Gasteiger partial charge is 0.154 e. The van der Waals surface area contributed by atoms with Gasteiger partial charge in [0, 0.05) is 24.5 Å². The van der Waals surface area contributed by atoms with Crippen molar-refractivity contribution in [2.45, 2.75) is 24.9 Å². The van der Waals surface area contributed by atoms with E-state index in [1.165, 1.54) is 38.1 Å². The third-order valence-corrected chi connectivity index (χ3v) is 5.58. The normalized spacial score (nSPS) is 33.5. The number of aromatic nitrogens is 1. The Balaban J connectivity index is 1.43. The molecule has 4 aliphatic heterocycles. The molecule has 6 rings (SSSR count). The molecule has 2 aromatic rings. The summed E-state index contributed by atoms with van der Waals surface area (Å²) in [5, 5.41) is 1.71. The molecule has 5 heterocycles. The first-order chi connectivity index (χ1) is 11.7. The number of rotatable bonds is 1. The predicted octanol–water partition coefficient (Wildman–Crippen LogP) is 2.79.